The largest absolute Gasteiger partial charge is 0.467 e. The van der Waals surface area contributed by atoms with Crippen molar-refractivity contribution in [1.29, 1.82) is 0 Å². The first-order chi connectivity index (χ1) is 12.2. The highest BCUT2D eigenvalue weighted by atomic mass is 32.2. The third kappa shape index (κ3) is 4.79. The topological polar surface area (TPSA) is 99.0 Å². The van der Waals surface area contributed by atoms with E-state index in [1.54, 1.807) is 4.68 Å². The predicted octanol–water partition coefficient (Wildman–Crippen LogP) is 1.00. The number of tetrazole rings is 1. The summed E-state index contributed by atoms with van der Waals surface area (Å²) in [6.07, 6.45) is 2.50. The molecule has 25 heavy (non-hydrogen) atoms. The van der Waals surface area contributed by atoms with Gasteiger partial charge < -0.3 is 10.1 Å². The van der Waals surface area contributed by atoms with Crippen LogP contribution in [0.1, 0.15) is 24.4 Å². The van der Waals surface area contributed by atoms with E-state index in [0.717, 1.165) is 18.4 Å². The van der Waals surface area contributed by atoms with Gasteiger partial charge in [0.05, 0.1) is 18.9 Å². The van der Waals surface area contributed by atoms with Crippen molar-refractivity contribution in [2.24, 2.45) is 0 Å². The second kappa shape index (κ2) is 8.11. The lowest BCUT2D eigenvalue weighted by atomic mass is 10.1. The van der Waals surface area contributed by atoms with Gasteiger partial charge in [-0.1, -0.05) is 42.1 Å². The zero-order chi connectivity index (χ0) is 17.6. The molecule has 0 saturated heterocycles. The molecule has 1 N–H and O–H groups in total. The summed E-state index contributed by atoms with van der Waals surface area (Å²) in [6, 6.07) is 9.11. The molecule has 0 unspecified atom stereocenters. The Labute approximate surface area is 149 Å². The van der Waals surface area contributed by atoms with E-state index in [1.807, 2.05) is 30.3 Å². The van der Waals surface area contributed by atoms with E-state index in [1.165, 1.54) is 18.9 Å². The number of methoxy groups -OCH3 is 1. The van der Waals surface area contributed by atoms with E-state index < -0.39 is 12.0 Å². The number of hydrogen-bond donors (Lipinski definition) is 1. The Bertz CT molecular complexity index is 732. The zero-order valence-corrected chi connectivity index (χ0v) is 14.6. The average molecular weight is 361 g/mol. The molecule has 0 spiro atoms. The summed E-state index contributed by atoms with van der Waals surface area (Å²) in [5.74, 6) is -0.596. The standard InChI is InChI=1S/C16H19N5O3S/c1-24-15(23)13(9-11-5-3-2-4-6-11)17-14(22)10-25-16-18-19-20-21(16)12-7-8-12/h2-6,12-13H,7-10H2,1H3,(H,17,22)/t13-/m0/s1. The maximum atomic E-state index is 12.2. The van der Waals surface area contributed by atoms with Crippen LogP contribution in [0, 0.1) is 0 Å². The Morgan fingerprint density at radius 1 is 1.36 bits per heavy atom. The summed E-state index contributed by atoms with van der Waals surface area (Å²) >= 11 is 1.26. The van der Waals surface area contributed by atoms with Crippen molar-refractivity contribution in [2.45, 2.75) is 36.5 Å². The molecule has 3 rings (SSSR count). The number of thioether (sulfide) groups is 1. The predicted molar refractivity (Wildman–Crippen MR) is 90.9 cm³/mol. The van der Waals surface area contributed by atoms with Crippen molar-refractivity contribution in [3.05, 3.63) is 35.9 Å². The molecule has 132 valence electrons. The highest BCUT2D eigenvalue weighted by Gasteiger charge is 2.28. The molecule has 2 aromatic rings. The number of carbonyl (C=O) groups excluding carboxylic acids is 2. The molecule has 9 heteroatoms. The second-order valence-electron chi connectivity index (χ2n) is 5.76. The second-order valence-corrected chi connectivity index (χ2v) is 6.70. The van der Waals surface area contributed by atoms with E-state index in [-0.39, 0.29) is 11.7 Å². The molecule has 1 fully saturated rings. The number of aromatic nitrogens is 4. The number of rotatable bonds is 8. The molecule has 1 saturated carbocycles. The van der Waals surface area contributed by atoms with Crippen LogP contribution < -0.4 is 5.32 Å². The van der Waals surface area contributed by atoms with E-state index in [4.69, 9.17) is 4.74 Å². The first kappa shape index (κ1) is 17.4. The van der Waals surface area contributed by atoms with E-state index in [9.17, 15) is 9.59 Å². The van der Waals surface area contributed by atoms with Gasteiger partial charge in [0.1, 0.15) is 6.04 Å². The van der Waals surface area contributed by atoms with Crippen molar-refractivity contribution in [3.8, 4) is 0 Å². The molecule has 1 aliphatic carbocycles. The summed E-state index contributed by atoms with van der Waals surface area (Å²) in [5, 5.41) is 14.9. The molecule has 1 atom stereocenters. The van der Waals surface area contributed by atoms with Crippen LogP contribution in [0.4, 0.5) is 0 Å². The fourth-order valence-electron chi connectivity index (χ4n) is 2.38. The van der Waals surface area contributed by atoms with Crippen LogP contribution >= 0.6 is 11.8 Å². The molecule has 1 aromatic heterocycles. The average Bonchev–Trinajstić information content (AvgIpc) is 3.37. The number of esters is 1. The van der Waals surface area contributed by atoms with Gasteiger partial charge in [-0.05, 0) is 28.8 Å². The minimum atomic E-state index is -0.722. The summed E-state index contributed by atoms with van der Waals surface area (Å²) in [4.78, 5) is 24.2. The molecule has 1 amide bonds. The molecular formula is C16H19N5O3S. The number of nitrogens with zero attached hydrogens (tertiary/aromatic N) is 4. The van der Waals surface area contributed by atoms with Crippen molar-refractivity contribution in [3.63, 3.8) is 0 Å². The highest BCUT2D eigenvalue weighted by molar-refractivity contribution is 7.99. The van der Waals surface area contributed by atoms with E-state index in [0.29, 0.717) is 17.6 Å². The monoisotopic (exact) mass is 361 g/mol. The highest BCUT2D eigenvalue weighted by Crippen LogP contribution is 2.36. The lowest BCUT2D eigenvalue weighted by Crippen LogP contribution is -2.43. The smallest absolute Gasteiger partial charge is 0.328 e. The maximum Gasteiger partial charge on any atom is 0.328 e. The minimum Gasteiger partial charge on any atom is -0.467 e. The lowest BCUT2D eigenvalue weighted by molar-refractivity contribution is -0.144. The van der Waals surface area contributed by atoms with Gasteiger partial charge in [-0.15, -0.1) is 5.10 Å². The van der Waals surface area contributed by atoms with Gasteiger partial charge >= 0.3 is 5.97 Å². The molecule has 0 radical (unpaired) electrons. The van der Waals surface area contributed by atoms with Crippen LogP contribution in [0.5, 0.6) is 0 Å². The minimum absolute atomic E-state index is 0.134. The van der Waals surface area contributed by atoms with E-state index >= 15 is 0 Å². The Morgan fingerprint density at radius 3 is 2.80 bits per heavy atom. The molecule has 0 aliphatic heterocycles. The number of ether oxygens (including phenoxy) is 1. The number of benzene rings is 1. The van der Waals surface area contributed by atoms with Gasteiger partial charge in [0.15, 0.2) is 0 Å². The van der Waals surface area contributed by atoms with Crippen LogP contribution in [0.15, 0.2) is 35.5 Å². The van der Waals surface area contributed by atoms with Crippen molar-refractivity contribution < 1.29 is 14.3 Å². The summed E-state index contributed by atoms with van der Waals surface area (Å²) in [5.41, 5.74) is 0.948. The number of carbonyl (C=O) groups is 2. The Balaban J connectivity index is 1.56. The fraction of sp³-hybridized carbons (Fsp3) is 0.438. The van der Waals surface area contributed by atoms with Gasteiger partial charge in [0.2, 0.25) is 11.1 Å². The van der Waals surface area contributed by atoms with Gasteiger partial charge in [-0.25, -0.2) is 9.48 Å². The van der Waals surface area contributed by atoms with Crippen LogP contribution in [-0.2, 0) is 20.7 Å². The number of amides is 1. The Hall–Kier alpha value is -2.42. The summed E-state index contributed by atoms with van der Waals surface area (Å²) < 4.78 is 6.55. The van der Waals surface area contributed by atoms with Crippen LogP contribution in [-0.4, -0.2) is 51.0 Å². The quantitative estimate of drug-likeness (QED) is 0.553. The van der Waals surface area contributed by atoms with Gasteiger partial charge in [0, 0.05) is 6.42 Å². The molecule has 1 aromatic carbocycles. The Kier molecular flexibility index (Phi) is 5.64. The van der Waals surface area contributed by atoms with Crippen molar-refractivity contribution in [1.82, 2.24) is 25.5 Å². The van der Waals surface area contributed by atoms with Gasteiger partial charge in [-0.2, -0.15) is 0 Å². The normalized spacial score (nSPS) is 14.8. The number of nitrogens with one attached hydrogen (secondary N) is 1. The van der Waals surface area contributed by atoms with Crippen molar-refractivity contribution >= 4 is 23.6 Å². The molecule has 1 aliphatic rings. The van der Waals surface area contributed by atoms with E-state index in [2.05, 4.69) is 20.8 Å². The Morgan fingerprint density at radius 2 is 2.12 bits per heavy atom. The first-order valence-electron chi connectivity index (χ1n) is 7.99. The lowest BCUT2D eigenvalue weighted by Gasteiger charge is -2.16. The summed E-state index contributed by atoms with van der Waals surface area (Å²) in [7, 11) is 1.31. The zero-order valence-electron chi connectivity index (χ0n) is 13.8. The van der Waals surface area contributed by atoms with Crippen molar-refractivity contribution in [2.75, 3.05) is 12.9 Å². The first-order valence-corrected chi connectivity index (χ1v) is 8.97. The SMILES string of the molecule is COC(=O)[C@H](Cc1ccccc1)NC(=O)CSc1nnnn1C1CC1. The molecule has 0 bridgehead atoms. The maximum absolute atomic E-state index is 12.2. The van der Waals surface area contributed by atoms with Crippen LogP contribution in [0.25, 0.3) is 0 Å². The van der Waals surface area contributed by atoms with Crippen LogP contribution in [0.2, 0.25) is 0 Å². The number of hydrogen-bond acceptors (Lipinski definition) is 7. The molecular weight excluding hydrogens is 342 g/mol. The van der Waals surface area contributed by atoms with Crippen LogP contribution in [0.3, 0.4) is 0 Å². The third-order valence-corrected chi connectivity index (χ3v) is 4.72. The molecule has 8 nitrogen and oxygen atoms in total. The summed E-state index contributed by atoms with van der Waals surface area (Å²) in [6.45, 7) is 0. The van der Waals surface area contributed by atoms with Gasteiger partial charge in [0.25, 0.3) is 0 Å². The van der Waals surface area contributed by atoms with Gasteiger partial charge in [-0.3, -0.25) is 4.79 Å². The molecule has 1 heterocycles. The third-order valence-electron chi connectivity index (χ3n) is 3.79. The fourth-order valence-corrected chi connectivity index (χ4v) is 3.14.